The van der Waals surface area contributed by atoms with Crippen LogP contribution in [0.2, 0.25) is 0 Å². The number of benzene rings is 2. The third-order valence-electron chi connectivity index (χ3n) is 4.64. The lowest BCUT2D eigenvalue weighted by molar-refractivity contribution is -0.129. The van der Waals surface area contributed by atoms with E-state index < -0.39 is 35.6 Å². The lowest BCUT2D eigenvalue weighted by atomic mass is 9.93. The van der Waals surface area contributed by atoms with E-state index in [1.54, 1.807) is 45.0 Å². The van der Waals surface area contributed by atoms with Crippen molar-refractivity contribution in [1.82, 2.24) is 10.6 Å². The number of amides is 3. The number of ether oxygens (including phenoxy) is 1. The molecular weight excluding hydrogens is 396 g/mol. The molecule has 0 aromatic heterocycles. The molecule has 0 aliphatic carbocycles. The Hall–Kier alpha value is -3.86. The maximum atomic E-state index is 13.4. The molecule has 0 spiro atoms. The first-order valence-electron chi connectivity index (χ1n) is 9.81. The van der Waals surface area contributed by atoms with Gasteiger partial charge in [0.05, 0.1) is 12.2 Å². The predicted octanol–water partition coefficient (Wildman–Crippen LogP) is 2.59. The minimum Gasteiger partial charge on any atom is -0.444 e. The fourth-order valence-corrected chi connectivity index (χ4v) is 3.35. The zero-order chi connectivity index (χ0) is 22.6. The van der Waals surface area contributed by atoms with E-state index in [-0.39, 0.29) is 6.54 Å². The maximum Gasteiger partial charge on any atom is 0.408 e. The number of carbonyl (C=O) groups is 3. The number of rotatable bonds is 5. The molecule has 8 heteroatoms. The standard InChI is InChI=1S/C23H24N4O4/c1-22(2,3)31-21(30)25-13-19(28)26-23(15-24)17-11-7-8-12-18(17)27(20(23)29)14-16-9-5-4-6-10-16/h4-12H,13-14H2,1-3H3,(H,25,30)(H,26,28)/t23-/m1/s1. The van der Waals surface area contributed by atoms with Crippen molar-refractivity contribution in [2.75, 3.05) is 11.4 Å². The van der Waals surface area contributed by atoms with Crippen LogP contribution in [0, 0.1) is 11.3 Å². The first kappa shape index (κ1) is 21.8. The zero-order valence-electron chi connectivity index (χ0n) is 17.6. The third kappa shape index (κ3) is 4.67. The minimum absolute atomic E-state index is 0.256. The number of anilines is 1. The SMILES string of the molecule is CC(C)(C)OC(=O)NCC(=O)N[C@@]1(C#N)C(=O)N(Cc2ccccc2)c2ccccc21. The monoisotopic (exact) mass is 420 g/mol. The molecule has 0 saturated carbocycles. The van der Waals surface area contributed by atoms with Gasteiger partial charge in [-0.2, -0.15) is 5.26 Å². The molecular formula is C23H24N4O4. The quantitative estimate of drug-likeness (QED) is 0.772. The second kappa shape index (κ2) is 8.48. The molecule has 160 valence electrons. The number of hydrogen-bond acceptors (Lipinski definition) is 5. The summed E-state index contributed by atoms with van der Waals surface area (Å²) >= 11 is 0. The Balaban J connectivity index is 1.81. The Kier molecular flexibility index (Phi) is 5.97. The Morgan fingerprint density at radius 3 is 2.39 bits per heavy atom. The lowest BCUT2D eigenvalue weighted by Crippen LogP contribution is -2.54. The Labute approximate surface area is 180 Å². The summed E-state index contributed by atoms with van der Waals surface area (Å²) in [5, 5.41) is 14.8. The van der Waals surface area contributed by atoms with Crippen LogP contribution in [0.15, 0.2) is 54.6 Å². The van der Waals surface area contributed by atoms with Crippen molar-refractivity contribution in [1.29, 1.82) is 5.26 Å². The van der Waals surface area contributed by atoms with Gasteiger partial charge in [0, 0.05) is 5.56 Å². The van der Waals surface area contributed by atoms with Gasteiger partial charge in [0.2, 0.25) is 11.4 Å². The molecule has 1 heterocycles. The summed E-state index contributed by atoms with van der Waals surface area (Å²) in [6, 6.07) is 18.2. The summed E-state index contributed by atoms with van der Waals surface area (Å²) in [7, 11) is 0. The highest BCUT2D eigenvalue weighted by Crippen LogP contribution is 2.40. The average molecular weight is 420 g/mol. The highest BCUT2D eigenvalue weighted by molar-refractivity contribution is 6.11. The van der Waals surface area contributed by atoms with Gasteiger partial charge >= 0.3 is 6.09 Å². The van der Waals surface area contributed by atoms with E-state index >= 15 is 0 Å². The van der Waals surface area contributed by atoms with Gasteiger partial charge in [0.25, 0.3) is 5.91 Å². The molecule has 0 radical (unpaired) electrons. The van der Waals surface area contributed by atoms with Crippen LogP contribution in [0.4, 0.5) is 10.5 Å². The number of hydrogen-bond donors (Lipinski definition) is 2. The molecule has 0 unspecified atom stereocenters. The van der Waals surface area contributed by atoms with Crippen LogP contribution in [0.25, 0.3) is 0 Å². The van der Waals surface area contributed by atoms with Gasteiger partial charge < -0.3 is 20.3 Å². The Bertz CT molecular complexity index is 1040. The van der Waals surface area contributed by atoms with Crippen LogP contribution in [0.5, 0.6) is 0 Å². The van der Waals surface area contributed by atoms with E-state index in [9.17, 15) is 19.6 Å². The number of nitrogens with one attached hydrogen (secondary N) is 2. The number of fused-ring (bicyclic) bond motifs is 1. The number of nitrogens with zero attached hydrogens (tertiary/aromatic N) is 2. The fraction of sp³-hybridized carbons (Fsp3) is 0.304. The minimum atomic E-state index is -1.88. The molecule has 2 aromatic rings. The average Bonchev–Trinajstić information content (AvgIpc) is 2.95. The van der Waals surface area contributed by atoms with E-state index in [2.05, 4.69) is 10.6 Å². The lowest BCUT2D eigenvalue weighted by Gasteiger charge is -2.24. The van der Waals surface area contributed by atoms with Gasteiger partial charge in [-0.25, -0.2) is 4.79 Å². The van der Waals surface area contributed by atoms with E-state index in [0.717, 1.165) is 5.56 Å². The van der Waals surface area contributed by atoms with Crippen molar-refractivity contribution in [3.05, 3.63) is 65.7 Å². The maximum absolute atomic E-state index is 13.4. The first-order chi connectivity index (χ1) is 14.7. The Morgan fingerprint density at radius 2 is 1.74 bits per heavy atom. The van der Waals surface area contributed by atoms with Crippen molar-refractivity contribution in [3.8, 4) is 6.07 Å². The summed E-state index contributed by atoms with van der Waals surface area (Å²) in [4.78, 5) is 39.2. The summed E-state index contributed by atoms with van der Waals surface area (Å²) in [5.41, 5.74) is -0.759. The molecule has 0 saturated heterocycles. The van der Waals surface area contributed by atoms with Crippen molar-refractivity contribution in [3.63, 3.8) is 0 Å². The molecule has 2 N–H and O–H groups in total. The van der Waals surface area contributed by atoms with Crippen molar-refractivity contribution >= 4 is 23.6 Å². The van der Waals surface area contributed by atoms with E-state index in [4.69, 9.17) is 4.74 Å². The molecule has 3 rings (SSSR count). The van der Waals surface area contributed by atoms with Crippen LogP contribution in [-0.2, 0) is 26.4 Å². The van der Waals surface area contributed by atoms with Gasteiger partial charge in [0.1, 0.15) is 18.2 Å². The van der Waals surface area contributed by atoms with Gasteiger partial charge in [-0.15, -0.1) is 0 Å². The molecule has 1 aliphatic heterocycles. The van der Waals surface area contributed by atoms with E-state index in [1.165, 1.54) is 4.90 Å². The van der Waals surface area contributed by atoms with Gasteiger partial charge in [-0.3, -0.25) is 9.59 Å². The van der Waals surface area contributed by atoms with Gasteiger partial charge in [0.15, 0.2) is 0 Å². The number of alkyl carbamates (subject to hydrolysis) is 1. The highest BCUT2D eigenvalue weighted by Gasteiger charge is 2.52. The normalized spacial score (nSPS) is 17.5. The molecule has 3 amide bonds. The van der Waals surface area contributed by atoms with Gasteiger partial charge in [-0.05, 0) is 32.4 Å². The summed E-state index contributed by atoms with van der Waals surface area (Å²) in [5.74, 6) is -1.23. The van der Waals surface area contributed by atoms with Crippen molar-refractivity contribution < 1.29 is 19.1 Å². The molecule has 1 aliphatic rings. The number of carbonyl (C=O) groups excluding carboxylic acids is 3. The number of para-hydroxylation sites is 1. The van der Waals surface area contributed by atoms with Crippen molar-refractivity contribution in [2.45, 2.75) is 38.5 Å². The first-order valence-corrected chi connectivity index (χ1v) is 9.81. The number of nitriles is 1. The summed E-state index contributed by atoms with van der Waals surface area (Å²) in [6.45, 7) is 4.92. The molecule has 1 atom stereocenters. The van der Waals surface area contributed by atoms with Crippen molar-refractivity contribution in [2.24, 2.45) is 0 Å². The Morgan fingerprint density at radius 1 is 1.10 bits per heavy atom. The molecule has 0 bridgehead atoms. The smallest absolute Gasteiger partial charge is 0.408 e. The molecule has 0 fully saturated rings. The van der Waals surface area contributed by atoms with E-state index in [0.29, 0.717) is 11.3 Å². The third-order valence-corrected chi connectivity index (χ3v) is 4.64. The van der Waals surface area contributed by atoms with Crippen LogP contribution in [0.1, 0.15) is 31.9 Å². The largest absolute Gasteiger partial charge is 0.444 e. The topological polar surface area (TPSA) is 112 Å². The summed E-state index contributed by atoms with van der Waals surface area (Å²) < 4.78 is 5.10. The highest BCUT2D eigenvalue weighted by atomic mass is 16.6. The second-order valence-corrected chi connectivity index (χ2v) is 8.16. The summed E-state index contributed by atoms with van der Waals surface area (Å²) in [6.07, 6.45) is -0.766. The molecule has 2 aromatic carbocycles. The van der Waals surface area contributed by atoms with E-state index in [1.807, 2.05) is 36.4 Å². The van der Waals surface area contributed by atoms with Crippen LogP contribution < -0.4 is 15.5 Å². The van der Waals surface area contributed by atoms with Crippen LogP contribution in [-0.4, -0.2) is 30.1 Å². The van der Waals surface area contributed by atoms with Gasteiger partial charge in [-0.1, -0.05) is 48.5 Å². The fourth-order valence-electron chi connectivity index (χ4n) is 3.35. The zero-order valence-corrected chi connectivity index (χ0v) is 17.6. The molecule has 8 nitrogen and oxygen atoms in total. The second-order valence-electron chi connectivity index (χ2n) is 8.16. The predicted molar refractivity (Wildman–Crippen MR) is 114 cm³/mol. The molecule has 31 heavy (non-hydrogen) atoms. The van der Waals surface area contributed by atoms with Crippen LogP contribution >= 0.6 is 0 Å². The van der Waals surface area contributed by atoms with Crippen LogP contribution in [0.3, 0.4) is 0 Å².